The molecule has 0 unspecified atom stereocenters. The summed E-state index contributed by atoms with van der Waals surface area (Å²) in [5, 5.41) is -0.388. The maximum Gasteiger partial charge on any atom is 0.337 e. The number of carbonyl (C=O) groups excluding carboxylic acids is 1. The van der Waals surface area contributed by atoms with Gasteiger partial charge in [0.25, 0.3) is 0 Å². The standard InChI is InChI=1S/C23H31N2O4S/c1-18(2)25(21-7-5-4-6-8-21)15-13-22(14-16-25)30(27,28)24-17-19-9-11-20(12-10-19)23(26)29-3/h4-12,18,22,24H,13-17H2,1-3H3/q+1. The van der Waals surface area contributed by atoms with Crippen molar-refractivity contribution in [3.05, 3.63) is 65.7 Å². The highest BCUT2D eigenvalue weighted by Gasteiger charge is 2.42. The number of carbonyl (C=O) groups is 1. The van der Waals surface area contributed by atoms with Crippen molar-refractivity contribution in [2.75, 3.05) is 20.2 Å². The molecule has 30 heavy (non-hydrogen) atoms. The summed E-state index contributed by atoms with van der Waals surface area (Å²) in [6.07, 6.45) is 1.26. The second kappa shape index (κ2) is 9.29. The third kappa shape index (κ3) is 4.74. The van der Waals surface area contributed by atoms with Gasteiger partial charge in [-0.05, 0) is 43.7 Å². The number of quaternary nitrogens is 1. The molecule has 2 aromatic rings. The molecule has 162 valence electrons. The molecule has 0 amide bonds. The van der Waals surface area contributed by atoms with Crippen LogP contribution in [0.4, 0.5) is 5.69 Å². The third-order valence-corrected chi connectivity index (χ3v) is 8.15. The van der Waals surface area contributed by atoms with Gasteiger partial charge in [0.2, 0.25) is 10.0 Å². The van der Waals surface area contributed by atoms with Crippen LogP contribution in [0.5, 0.6) is 0 Å². The van der Waals surface area contributed by atoms with Gasteiger partial charge in [0.15, 0.2) is 0 Å². The van der Waals surface area contributed by atoms with Crippen molar-refractivity contribution >= 4 is 21.7 Å². The first-order valence-electron chi connectivity index (χ1n) is 10.4. The summed E-state index contributed by atoms with van der Waals surface area (Å²) in [6.45, 7) is 6.24. The Balaban J connectivity index is 1.63. The van der Waals surface area contributed by atoms with Crippen LogP contribution in [0.15, 0.2) is 54.6 Å². The lowest BCUT2D eigenvalue weighted by molar-refractivity contribution is 0.0600. The molecular weight excluding hydrogens is 400 g/mol. The molecule has 1 N–H and O–H groups in total. The van der Waals surface area contributed by atoms with Crippen LogP contribution in [0.25, 0.3) is 0 Å². The molecule has 0 saturated carbocycles. The Labute approximate surface area is 179 Å². The fraction of sp³-hybridized carbons (Fsp3) is 0.435. The lowest BCUT2D eigenvalue weighted by Crippen LogP contribution is -2.60. The largest absolute Gasteiger partial charge is 0.465 e. The molecular formula is C23H31N2O4S+. The minimum absolute atomic E-state index is 0.211. The molecule has 6 nitrogen and oxygen atoms in total. The van der Waals surface area contributed by atoms with Gasteiger partial charge in [-0.3, -0.25) is 4.48 Å². The second-order valence-electron chi connectivity index (χ2n) is 8.16. The van der Waals surface area contributed by atoms with Crippen LogP contribution in [0.3, 0.4) is 0 Å². The molecule has 1 saturated heterocycles. The van der Waals surface area contributed by atoms with Crippen LogP contribution in [0, 0.1) is 0 Å². The van der Waals surface area contributed by atoms with Crippen LogP contribution in [0.2, 0.25) is 0 Å². The number of esters is 1. The summed E-state index contributed by atoms with van der Waals surface area (Å²) >= 11 is 0. The summed E-state index contributed by atoms with van der Waals surface area (Å²) in [5.41, 5.74) is 2.50. The number of para-hydroxylation sites is 1. The van der Waals surface area contributed by atoms with Gasteiger partial charge in [0, 0.05) is 19.4 Å². The summed E-state index contributed by atoms with van der Waals surface area (Å²) in [5.74, 6) is -0.408. The first kappa shape index (κ1) is 22.5. The van der Waals surface area contributed by atoms with Crippen LogP contribution < -0.4 is 9.21 Å². The number of piperidine rings is 1. The minimum atomic E-state index is -3.42. The van der Waals surface area contributed by atoms with Gasteiger partial charge in [-0.25, -0.2) is 17.9 Å². The second-order valence-corrected chi connectivity index (χ2v) is 10.2. The Morgan fingerprint density at radius 2 is 1.67 bits per heavy atom. The van der Waals surface area contributed by atoms with E-state index >= 15 is 0 Å². The van der Waals surface area contributed by atoms with E-state index < -0.39 is 16.0 Å². The average Bonchev–Trinajstić information content (AvgIpc) is 2.78. The van der Waals surface area contributed by atoms with Gasteiger partial charge in [0.05, 0.1) is 37.1 Å². The molecule has 0 aromatic heterocycles. The molecule has 0 radical (unpaired) electrons. The quantitative estimate of drug-likeness (QED) is 0.538. The van der Waals surface area contributed by atoms with Gasteiger partial charge in [-0.15, -0.1) is 0 Å². The van der Waals surface area contributed by atoms with Gasteiger partial charge in [-0.2, -0.15) is 0 Å². The van der Waals surface area contributed by atoms with Crippen molar-refractivity contribution < 1.29 is 17.9 Å². The number of likely N-dealkylation sites (tertiary alicyclic amines) is 1. The maximum absolute atomic E-state index is 12.9. The third-order valence-electron chi connectivity index (χ3n) is 6.25. The number of hydrogen-bond donors (Lipinski definition) is 1. The van der Waals surface area contributed by atoms with Crippen LogP contribution in [-0.2, 0) is 21.3 Å². The minimum Gasteiger partial charge on any atom is -0.465 e. The smallest absolute Gasteiger partial charge is 0.337 e. The highest BCUT2D eigenvalue weighted by molar-refractivity contribution is 7.90. The van der Waals surface area contributed by atoms with Gasteiger partial charge in [0.1, 0.15) is 5.69 Å². The molecule has 1 aliphatic rings. The normalized spacial score (nSPS) is 22.1. The van der Waals surface area contributed by atoms with E-state index in [1.807, 2.05) is 18.2 Å². The van der Waals surface area contributed by atoms with E-state index in [2.05, 4.69) is 35.4 Å². The Kier molecular flexibility index (Phi) is 6.95. The van der Waals surface area contributed by atoms with Crippen molar-refractivity contribution in [2.24, 2.45) is 0 Å². The number of nitrogens with one attached hydrogen (secondary N) is 1. The zero-order valence-corrected chi connectivity index (χ0v) is 18.7. The topological polar surface area (TPSA) is 72.5 Å². The van der Waals surface area contributed by atoms with Crippen molar-refractivity contribution in [1.82, 2.24) is 9.21 Å². The summed E-state index contributed by atoms with van der Waals surface area (Å²) in [7, 11) is -2.09. The lowest BCUT2D eigenvalue weighted by atomic mass is 10.0. The zero-order valence-electron chi connectivity index (χ0n) is 17.9. The number of nitrogens with zero attached hydrogens (tertiary/aromatic N) is 1. The maximum atomic E-state index is 12.9. The SMILES string of the molecule is COC(=O)c1ccc(CNS(=O)(=O)C2CC[N+](c3ccccc3)(C(C)C)CC2)cc1. The lowest BCUT2D eigenvalue weighted by Gasteiger charge is -2.46. The van der Waals surface area contributed by atoms with E-state index in [9.17, 15) is 13.2 Å². The first-order chi connectivity index (χ1) is 14.3. The van der Waals surface area contributed by atoms with E-state index in [0.717, 1.165) is 23.1 Å². The molecule has 0 bridgehead atoms. The number of methoxy groups -OCH3 is 1. The highest BCUT2D eigenvalue weighted by Crippen LogP contribution is 2.33. The molecule has 0 aliphatic carbocycles. The monoisotopic (exact) mass is 431 g/mol. The van der Waals surface area contributed by atoms with Crippen molar-refractivity contribution in [2.45, 2.75) is 44.5 Å². The molecule has 2 aromatic carbocycles. The van der Waals surface area contributed by atoms with Crippen LogP contribution >= 0.6 is 0 Å². The number of rotatable bonds is 7. The fourth-order valence-electron chi connectivity index (χ4n) is 4.29. The van der Waals surface area contributed by atoms with Crippen LogP contribution in [-0.4, -0.2) is 45.9 Å². The van der Waals surface area contributed by atoms with E-state index in [0.29, 0.717) is 24.4 Å². The molecule has 3 rings (SSSR count). The van der Waals surface area contributed by atoms with Gasteiger partial charge < -0.3 is 4.74 Å². The highest BCUT2D eigenvalue weighted by atomic mass is 32.2. The van der Waals surface area contributed by atoms with E-state index in [1.54, 1.807) is 24.3 Å². The molecule has 1 fully saturated rings. The van der Waals surface area contributed by atoms with Gasteiger partial charge in [-0.1, -0.05) is 30.3 Å². The number of benzene rings is 2. The Morgan fingerprint density at radius 1 is 1.07 bits per heavy atom. The Morgan fingerprint density at radius 3 is 2.20 bits per heavy atom. The van der Waals surface area contributed by atoms with Gasteiger partial charge >= 0.3 is 5.97 Å². The average molecular weight is 432 g/mol. The fourth-order valence-corrected chi connectivity index (χ4v) is 5.73. The summed E-state index contributed by atoms with van der Waals surface area (Å²) in [4.78, 5) is 11.5. The number of hydrogen-bond acceptors (Lipinski definition) is 4. The van der Waals surface area contributed by atoms with E-state index in [1.165, 1.54) is 12.8 Å². The number of sulfonamides is 1. The molecule has 7 heteroatoms. The summed E-state index contributed by atoms with van der Waals surface area (Å²) < 4.78 is 34.1. The molecule has 1 heterocycles. The molecule has 0 spiro atoms. The molecule has 1 aliphatic heterocycles. The van der Waals surface area contributed by atoms with E-state index in [-0.39, 0.29) is 11.8 Å². The first-order valence-corrected chi connectivity index (χ1v) is 11.9. The Bertz CT molecular complexity index is 948. The predicted molar refractivity (Wildman–Crippen MR) is 120 cm³/mol. The van der Waals surface area contributed by atoms with Crippen molar-refractivity contribution in [1.29, 1.82) is 0 Å². The van der Waals surface area contributed by atoms with Crippen molar-refractivity contribution in [3.8, 4) is 0 Å². The number of ether oxygens (including phenoxy) is 1. The summed E-state index contributed by atoms with van der Waals surface area (Å²) in [6, 6.07) is 17.6. The molecule has 0 atom stereocenters. The van der Waals surface area contributed by atoms with Crippen molar-refractivity contribution in [3.63, 3.8) is 0 Å². The van der Waals surface area contributed by atoms with E-state index in [4.69, 9.17) is 0 Å². The Hall–Kier alpha value is -2.22. The van der Waals surface area contributed by atoms with Crippen LogP contribution in [0.1, 0.15) is 42.6 Å². The predicted octanol–water partition coefficient (Wildman–Crippen LogP) is 3.47. The zero-order chi connectivity index (χ0) is 21.8.